The molecule has 0 saturated heterocycles. The lowest BCUT2D eigenvalue weighted by Crippen LogP contribution is -2.59. The summed E-state index contributed by atoms with van der Waals surface area (Å²) < 4.78 is 101. The highest BCUT2D eigenvalue weighted by Gasteiger charge is 2.75. The highest BCUT2D eigenvalue weighted by Crippen LogP contribution is 2.48. The van der Waals surface area contributed by atoms with E-state index in [-0.39, 0.29) is 0 Å². The van der Waals surface area contributed by atoms with Gasteiger partial charge in [-0.05, 0) is 0 Å². The molecule has 0 aromatic rings. The maximum Gasteiger partial charge on any atom is 0.381 e. The molecule has 0 aliphatic heterocycles. The largest absolute Gasteiger partial charge is 0.481 e. The number of esters is 1. The Morgan fingerprint density at radius 3 is 1.62 bits per heavy atom. The van der Waals surface area contributed by atoms with Crippen LogP contribution < -0.4 is 0 Å². The number of halogens is 8. The molecule has 0 aliphatic carbocycles. The Hall–Kier alpha value is -1.62. The van der Waals surface area contributed by atoms with Crippen molar-refractivity contribution in [3.63, 3.8) is 0 Å². The van der Waals surface area contributed by atoms with Crippen molar-refractivity contribution in [1.29, 1.82) is 0 Å². The standard InChI is InChI=1S/C7H6F8O2.C2H4O2/c1-3(16)17-2-5(10,11)7(14,15)6(12,13)4(8)9;1-2(3)4/h4H,2H2,1H3;1H3,(H,3,4). The summed E-state index contributed by atoms with van der Waals surface area (Å²) in [5, 5.41) is 7.42. The fourth-order valence-electron chi connectivity index (χ4n) is 0.664. The number of aliphatic carboxylic acids is 1. The third-order valence-electron chi connectivity index (χ3n) is 1.61. The van der Waals surface area contributed by atoms with Gasteiger partial charge in [-0.25, -0.2) is 8.78 Å². The van der Waals surface area contributed by atoms with Crippen LogP contribution in [0, 0.1) is 0 Å². The van der Waals surface area contributed by atoms with Crippen LogP contribution in [0.4, 0.5) is 35.1 Å². The summed E-state index contributed by atoms with van der Waals surface area (Å²) in [5.41, 5.74) is 0. The molecule has 0 atom stereocenters. The number of alkyl halides is 8. The van der Waals surface area contributed by atoms with Gasteiger partial charge in [0.15, 0.2) is 6.61 Å². The lowest BCUT2D eigenvalue weighted by molar-refractivity contribution is -0.344. The summed E-state index contributed by atoms with van der Waals surface area (Å²) in [4.78, 5) is 19.1. The number of carboxylic acids is 1. The van der Waals surface area contributed by atoms with E-state index in [2.05, 4.69) is 4.74 Å². The number of hydrogen-bond acceptors (Lipinski definition) is 3. The molecule has 21 heavy (non-hydrogen) atoms. The fourth-order valence-corrected chi connectivity index (χ4v) is 0.664. The minimum Gasteiger partial charge on any atom is -0.481 e. The first kappa shape index (κ1) is 21.7. The van der Waals surface area contributed by atoms with Gasteiger partial charge in [0, 0.05) is 13.8 Å². The van der Waals surface area contributed by atoms with E-state index in [4.69, 9.17) is 9.90 Å². The monoisotopic (exact) mass is 334 g/mol. The van der Waals surface area contributed by atoms with E-state index < -0.39 is 42.7 Å². The van der Waals surface area contributed by atoms with Gasteiger partial charge in [0.05, 0.1) is 0 Å². The molecule has 0 rings (SSSR count). The van der Waals surface area contributed by atoms with Gasteiger partial charge >= 0.3 is 30.2 Å². The van der Waals surface area contributed by atoms with Crippen LogP contribution in [0.1, 0.15) is 13.8 Å². The van der Waals surface area contributed by atoms with Crippen molar-refractivity contribution in [2.24, 2.45) is 0 Å². The van der Waals surface area contributed by atoms with Crippen LogP contribution in [0.25, 0.3) is 0 Å². The molecule has 1 N–H and O–H groups in total. The molecule has 0 aromatic heterocycles. The van der Waals surface area contributed by atoms with Crippen molar-refractivity contribution < 1.29 is 54.6 Å². The van der Waals surface area contributed by atoms with E-state index in [9.17, 15) is 39.9 Å². The van der Waals surface area contributed by atoms with Gasteiger partial charge in [-0.15, -0.1) is 0 Å². The van der Waals surface area contributed by atoms with Crippen LogP contribution in [-0.4, -0.2) is 47.8 Å². The minimum atomic E-state index is -6.34. The molecule has 0 aliphatic rings. The molecule has 0 aromatic carbocycles. The Morgan fingerprint density at radius 1 is 1.05 bits per heavy atom. The van der Waals surface area contributed by atoms with E-state index in [1.165, 1.54) is 0 Å². The van der Waals surface area contributed by atoms with Crippen LogP contribution in [0.15, 0.2) is 0 Å². The molecule has 0 fully saturated rings. The number of hydrogen-bond donors (Lipinski definition) is 1. The molecule has 126 valence electrons. The summed E-state index contributed by atoms with van der Waals surface area (Å²) in [7, 11) is 0. The zero-order valence-corrected chi connectivity index (χ0v) is 10.5. The quantitative estimate of drug-likeness (QED) is 0.620. The fraction of sp³-hybridized carbons (Fsp3) is 0.778. The van der Waals surface area contributed by atoms with Gasteiger partial charge in [0.2, 0.25) is 0 Å². The predicted octanol–water partition coefficient (Wildman–Crippen LogP) is 2.81. The van der Waals surface area contributed by atoms with Crippen LogP contribution in [0.2, 0.25) is 0 Å². The van der Waals surface area contributed by atoms with Crippen molar-refractivity contribution in [1.82, 2.24) is 0 Å². The molecule has 0 saturated carbocycles. The number of carbonyl (C=O) groups excluding carboxylic acids is 1. The Bertz CT molecular complexity index is 365. The molecular formula is C9H10F8O4. The molecule has 0 radical (unpaired) electrons. The maximum absolute atomic E-state index is 12.6. The topological polar surface area (TPSA) is 63.6 Å². The SMILES string of the molecule is CC(=O)O.CC(=O)OCC(F)(F)C(F)(F)C(F)(F)C(F)F. The number of carboxylic acid groups (broad SMARTS) is 1. The zero-order chi connectivity index (χ0) is 17.6. The van der Waals surface area contributed by atoms with Crippen LogP contribution in [0.3, 0.4) is 0 Å². The maximum atomic E-state index is 12.6. The summed E-state index contributed by atoms with van der Waals surface area (Å²) in [6.45, 7) is -0.781. The summed E-state index contributed by atoms with van der Waals surface area (Å²) >= 11 is 0. The van der Waals surface area contributed by atoms with Gasteiger partial charge < -0.3 is 9.84 Å². The predicted molar refractivity (Wildman–Crippen MR) is 50.8 cm³/mol. The number of ether oxygens (including phenoxy) is 1. The number of rotatable bonds is 5. The Morgan fingerprint density at radius 2 is 1.38 bits per heavy atom. The van der Waals surface area contributed by atoms with Crippen molar-refractivity contribution in [3.8, 4) is 0 Å². The van der Waals surface area contributed by atoms with E-state index >= 15 is 0 Å². The number of carbonyl (C=O) groups is 2. The first-order valence-electron chi connectivity index (χ1n) is 4.84. The summed E-state index contributed by atoms with van der Waals surface area (Å²) in [6.07, 6.45) is -4.99. The molecule has 4 nitrogen and oxygen atoms in total. The van der Waals surface area contributed by atoms with E-state index in [1.807, 2.05) is 0 Å². The highest BCUT2D eigenvalue weighted by molar-refractivity contribution is 5.65. The Kier molecular flexibility index (Phi) is 7.64. The van der Waals surface area contributed by atoms with Crippen LogP contribution in [-0.2, 0) is 14.3 Å². The van der Waals surface area contributed by atoms with Crippen molar-refractivity contribution in [3.05, 3.63) is 0 Å². The summed E-state index contributed by atoms with van der Waals surface area (Å²) in [6, 6.07) is 0. The average Bonchev–Trinajstić information content (AvgIpc) is 2.24. The Labute approximate surface area is 112 Å². The van der Waals surface area contributed by atoms with Gasteiger partial charge in [-0.3, -0.25) is 9.59 Å². The molecule has 0 amide bonds. The van der Waals surface area contributed by atoms with Crippen LogP contribution >= 0.6 is 0 Å². The van der Waals surface area contributed by atoms with Gasteiger partial charge in [-0.2, -0.15) is 26.3 Å². The smallest absolute Gasteiger partial charge is 0.381 e. The van der Waals surface area contributed by atoms with E-state index in [0.717, 1.165) is 6.92 Å². The highest BCUT2D eigenvalue weighted by atomic mass is 19.4. The molecule has 0 spiro atoms. The third kappa shape index (κ3) is 6.12. The second-order valence-corrected chi connectivity index (χ2v) is 3.50. The van der Waals surface area contributed by atoms with E-state index in [1.54, 1.807) is 0 Å². The van der Waals surface area contributed by atoms with Crippen LogP contribution in [0.5, 0.6) is 0 Å². The molecule has 0 unspecified atom stereocenters. The van der Waals surface area contributed by atoms with Crippen molar-refractivity contribution in [2.45, 2.75) is 38.0 Å². The average molecular weight is 334 g/mol. The third-order valence-corrected chi connectivity index (χ3v) is 1.61. The van der Waals surface area contributed by atoms with Gasteiger partial charge in [0.1, 0.15) is 0 Å². The lowest BCUT2D eigenvalue weighted by Gasteiger charge is -2.31. The van der Waals surface area contributed by atoms with Crippen molar-refractivity contribution >= 4 is 11.9 Å². The molecule has 0 heterocycles. The van der Waals surface area contributed by atoms with Gasteiger partial charge in [0.25, 0.3) is 5.97 Å². The Balaban J connectivity index is 0. The second kappa shape index (κ2) is 7.41. The summed E-state index contributed by atoms with van der Waals surface area (Å²) in [5.74, 6) is -20.5. The van der Waals surface area contributed by atoms with Gasteiger partial charge in [-0.1, -0.05) is 0 Å². The lowest BCUT2D eigenvalue weighted by atomic mass is 10.1. The van der Waals surface area contributed by atoms with Crippen molar-refractivity contribution in [2.75, 3.05) is 6.61 Å². The van der Waals surface area contributed by atoms with E-state index in [0.29, 0.717) is 6.92 Å². The molecule has 12 heteroatoms. The first-order chi connectivity index (χ1) is 9.09. The molecular weight excluding hydrogens is 324 g/mol. The first-order valence-corrected chi connectivity index (χ1v) is 4.84. The molecule has 0 bridgehead atoms. The minimum absolute atomic E-state index is 0.555. The second-order valence-electron chi connectivity index (χ2n) is 3.50. The zero-order valence-electron chi connectivity index (χ0n) is 10.5. The normalized spacial score (nSPS) is 12.5.